The smallest absolute Gasteiger partial charge is 0.193 e. The van der Waals surface area contributed by atoms with Crippen molar-refractivity contribution in [2.45, 2.75) is 71.8 Å². The number of nitrogens with zero attached hydrogens (tertiary/aromatic N) is 2. The van der Waals surface area contributed by atoms with E-state index in [2.05, 4.69) is 31.4 Å². The second kappa shape index (κ2) is 6.79. The van der Waals surface area contributed by atoms with Gasteiger partial charge in [-0.25, -0.2) is 4.98 Å². The maximum atomic E-state index is 12.7. The molecular weight excluding hydrogens is 376 g/mol. The van der Waals surface area contributed by atoms with Crippen LogP contribution in [0.5, 0.6) is 5.75 Å². The molecule has 158 valence electrons. The van der Waals surface area contributed by atoms with E-state index >= 15 is 0 Å². The maximum absolute atomic E-state index is 12.7. The van der Waals surface area contributed by atoms with Gasteiger partial charge in [0.25, 0.3) is 0 Å². The number of carbonyl (C=O) groups excluding carboxylic acids is 1. The lowest BCUT2D eigenvalue weighted by molar-refractivity contribution is 0.101. The van der Waals surface area contributed by atoms with Crippen molar-refractivity contribution in [3.05, 3.63) is 45.4 Å². The molecule has 2 aromatic rings. The SMILES string of the molecule is CC(=O)c1cn2c(cc1=O)-c1nc(C3CC3)c(OCC3CC3)cc1C[C@H]2C(C)(C)C. The highest BCUT2D eigenvalue weighted by molar-refractivity contribution is 5.94. The first-order valence-corrected chi connectivity index (χ1v) is 11.2. The molecule has 5 heteroatoms. The highest BCUT2D eigenvalue weighted by atomic mass is 16.5. The van der Waals surface area contributed by atoms with Crippen molar-refractivity contribution in [1.82, 2.24) is 9.55 Å². The average Bonchev–Trinajstić information content (AvgIpc) is 3.57. The summed E-state index contributed by atoms with van der Waals surface area (Å²) in [6, 6.07) is 3.93. The third kappa shape index (κ3) is 3.48. The molecule has 0 amide bonds. The van der Waals surface area contributed by atoms with Gasteiger partial charge in [0.05, 0.1) is 29.3 Å². The lowest BCUT2D eigenvalue weighted by Crippen LogP contribution is -2.33. The van der Waals surface area contributed by atoms with Crippen molar-refractivity contribution < 1.29 is 9.53 Å². The Labute approximate surface area is 177 Å². The molecule has 0 N–H and O–H groups in total. The monoisotopic (exact) mass is 406 g/mol. The van der Waals surface area contributed by atoms with Crippen LogP contribution in [-0.4, -0.2) is 21.9 Å². The minimum Gasteiger partial charge on any atom is -0.491 e. The largest absolute Gasteiger partial charge is 0.491 e. The van der Waals surface area contributed by atoms with Crippen LogP contribution in [0.1, 0.15) is 87.0 Å². The van der Waals surface area contributed by atoms with Gasteiger partial charge in [0.15, 0.2) is 11.2 Å². The number of hydrogen-bond acceptors (Lipinski definition) is 4. The molecule has 2 aliphatic carbocycles. The van der Waals surface area contributed by atoms with Crippen molar-refractivity contribution in [2.24, 2.45) is 11.3 Å². The summed E-state index contributed by atoms with van der Waals surface area (Å²) in [5, 5.41) is 0. The number of Topliss-reactive ketones (excluding diaryl/α,β-unsaturated/α-hetero) is 1. The minimum absolute atomic E-state index is 0.0419. The molecule has 0 radical (unpaired) electrons. The Morgan fingerprint density at radius 3 is 2.53 bits per heavy atom. The number of carbonyl (C=O) groups is 1. The van der Waals surface area contributed by atoms with E-state index in [1.54, 1.807) is 12.3 Å². The zero-order valence-corrected chi connectivity index (χ0v) is 18.3. The van der Waals surface area contributed by atoms with Gasteiger partial charge in [-0.3, -0.25) is 9.59 Å². The molecule has 2 fully saturated rings. The Hall–Kier alpha value is -2.43. The normalized spacial score (nSPS) is 20.5. The molecular formula is C25H30N2O3. The zero-order valence-electron chi connectivity index (χ0n) is 18.3. The van der Waals surface area contributed by atoms with E-state index in [4.69, 9.17) is 9.72 Å². The van der Waals surface area contributed by atoms with E-state index < -0.39 is 0 Å². The predicted molar refractivity (Wildman–Crippen MR) is 116 cm³/mol. The van der Waals surface area contributed by atoms with Crippen LogP contribution in [0.3, 0.4) is 0 Å². The summed E-state index contributed by atoms with van der Waals surface area (Å²) in [6.07, 6.45) is 7.38. The molecule has 3 heterocycles. The second-order valence-corrected chi connectivity index (χ2v) is 10.4. The first kappa shape index (κ1) is 19.5. The molecule has 0 bridgehead atoms. The number of ether oxygens (including phenoxy) is 1. The van der Waals surface area contributed by atoms with Crippen molar-refractivity contribution in [2.75, 3.05) is 6.61 Å². The second-order valence-electron chi connectivity index (χ2n) is 10.4. The highest BCUT2D eigenvalue weighted by Gasteiger charge is 2.37. The summed E-state index contributed by atoms with van der Waals surface area (Å²) < 4.78 is 8.36. The molecule has 1 atom stereocenters. The summed E-state index contributed by atoms with van der Waals surface area (Å²) in [5.74, 6) is 1.90. The first-order valence-electron chi connectivity index (χ1n) is 11.2. The van der Waals surface area contributed by atoms with Gasteiger partial charge < -0.3 is 9.30 Å². The Morgan fingerprint density at radius 2 is 1.93 bits per heavy atom. The summed E-state index contributed by atoms with van der Waals surface area (Å²) >= 11 is 0. The Balaban J connectivity index is 1.67. The van der Waals surface area contributed by atoms with Crippen LogP contribution in [0, 0.1) is 11.3 Å². The van der Waals surface area contributed by atoms with E-state index in [0.29, 0.717) is 11.8 Å². The third-order valence-corrected chi connectivity index (χ3v) is 6.68. The summed E-state index contributed by atoms with van der Waals surface area (Å²) in [4.78, 5) is 29.8. The molecule has 1 aliphatic heterocycles. The number of rotatable bonds is 5. The van der Waals surface area contributed by atoms with Gasteiger partial charge in [-0.1, -0.05) is 20.8 Å². The van der Waals surface area contributed by atoms with Crippen LogP contribution in [0.25, 0.3) is 11.4 Å². The fourth-order valence-corrected chi connectivity index (χ4v) is 4.47. The van der Waals surface area contributed by atoms with Crippen molar-refractivity contribution in [1.29, 1.82) is 0 Å². The standard InChI is InChI=1S/C25H30N2O3/c1-14(28)18-12-27-19(11-20(18)29)23-17(10-22(27)25(2,3)4)9-21(30-13-15-5-6-15)24(26-23)16-7-8-16/h9,11-12,15-16,22H,5-8,10,13H2,1-4H3/t22-/m0/s1. The van der Waals surface area contributed by atoms with Crippen molar-refractivity contribution in [3.8, 4) is 17.1 Å². The van der Waals surface area contributed by atoms with Crippen molar-refractivity contribution >= 4 is 5.78 Å². The fraction of sp³-hybridized carbons (Fsp3) is 0.560. The zero-order chi connectivity index (χ0) is 21.2. The summed E-state index contributed by atoms with van der Waals surface area (Å²) in [5.41, 5.74) is 3.87. The molecule has 3 aliphatic rings. The van der Waals surface area contributed by atoms with Gasteiger partial charge in [0, 0.05) is 24.2 Å². The molecule has 0 aromatic carbocycles. The van der Waals surface area contributed by atoms with Crippen LogP contribution >= 0.6 is 0 Å². The molecule has 0 spiro atoms. The Morgan fingerprint density at radius 1 is 1.20 bits per heavy atom. The quantitative estimate of drug-likeness (QED) is 0.661. The van der Waals surface area contributed by atoms with E-state index in [1.807, 2.05) is 0 Å². The van der Waals surface area contributed by atoms with E-state index in [9.17, 15) is 9.59 Å². The van der Waals surface area contributed by atoms with E-state index in [-0.39, 0.29) is 28.2 Å². The lowest BCUT2D eigenvalue weighted by Gasteiger charge is -2.38. The Kier molecular flexibility index (Phi) is 4.42. The van der Waals surface area contributed by atoms with E-state index in [0.717, 1.165) is 54.3 Å². The molecule has 30 heavy (non-hydrogen) atoms. The number of ketones is 1. The van der Waals surface area contributed by atoms with Crippen LogP contribution in [0.4, 0.5) is 0 Å². The third-order valence-electron chi connectivity index (χ3n) is 6.68. The van der Waals surface area contributed by atoms with Crippen LogP contribution in [-0.2, 0) is 6.42 Å². The fourth-order valence-electron chi connectivity index (χ4n) is 4.47. The van der Waals surface area contributed by atoms with Crippen molar-refractivity contribution in [3.63, 3.8) is 0 Å². The predicted octanol–water partition coefficient (Wildman–Crippen LogP) is 4.92. The Bertz CT molecular complexity index is 1080. The number of aromatic nitrogens is 2. The van der Waals surface area contributed by atoms with Crippen LogP contribution in [0.15, 0.2) is 23.1 Å². The van der Waals surface area contributed by atoms with Crippen LogP contribution < -0.4 is 10.2 Å². The average molecular weight is 407 g/mol. The molecule has 0 saturated heterocycles. The molecule has 5 rings (SSSR count). The number of hydrogen-bond donors (Lipinski definition) is 0. The maximum Gasteiger partial charge on any atom is 0.193 e. The van der Waals surface area contributed by atoms with Gasteiger partial charge >= 0.3 is 0 Å². The van der Waals surface area contributed by atoms with Gasteiger partial charge in [-0.15, -0.1) is 0 Å². The first-order chi connectivity index (χ1) is 14.2. The summed E-state index contributed by atoms with van der Waals surface area (Å²) in [6.45, 7) is 8.85. The summed E-state index contributed by atoms with van der Waals surface area (Å²) in [7, 11) is 0. The molecule has 2 saturated carbocycles. The van der Waals surface area contributed by atoms with Gasteiger partial charge in [-0.2, -0.15) is 0 Å². The topological polar surface area (TPSA) is 61.2 Å². The van der Waals surface area contributed by atoms with Crippen LogP contribution in [0.2, 0.25) is 0 Å². The number of pyridine rings is 2. The number of fused-ring (bicyclic) bond motifs is 3. The highest BCUT2D eigenvalue weighted by Crippen LogP contribution is 2.48. The molecule has 2 aromatic heterocycles. The van der Waals surface area contributed by atoms with Gasteiger partial charge in [0.1, 0.15) is 5.75 Å². The van der Waals surface area contributed by atoms with Gasteiger partial charge in [-0.05, 0) is 62.0 Å². The minimum atomic E-state index is -0.224. The molecule has 5 nitrogen and oxygen atoms in total. The lowest BCUT2D eigenvalue weighted by atomic mass is 9.79. The van der Waals surface area contributed by atoms with E-state index in [1.165, 1.54) is 19.8 Å². The van der Waals surface area contributed by atoms with Gasteiger partial charge in [0.2, 0.25) is 0 Å². The molecule has 0 unspecified atom stereocenters.